The fourth-order valence-corrected chi connectivity index (χ4v) is 4.11. The van der Waals surface area contributed by atoms with Gasteiger partial charge in [-0.25, -0.2) is 9.78 Å². The van der Waals surface area contributed by atoms with Crippen LogP contribution in [0.1, 0.15) is 30.0 Å². The molecule has 0 amide bonds. The number of carbonyl (C=O) groups excluding carboxylic acids is 1. The first-order chi connectivity index (χ1) is 13.3. The van der Waals surface area contributed by atoms with Crippen LogP contribution in [0.15, 0.2) is 29.1 Å². The third kappa shape index (κ3) is 1.95. The molecule has 4 heterocycles. The number of aliphatic hydroxyl groups is 1. The van der Waals surface area contributed by atoms with Crippen LogP contribution in [0.5, 0.6) is 11.5 Å². The number of benzene rings is 1. The topological polar surface area (TPSA) is 122 Å². The van der Waals surface area contributed by atoms with Crippen LogP contribution in [0.3, 0.4) is 0 Å². The monoisotopic (exact) mass is 380 g/mol. The molecule has 0 unspecified atom stereocenters. The van der Waals surface area contributed by atoms with Gasteiger partial charge in [0.05, 0.1) is 28.9 Å². The van der Waals surface area contributed by atoms with Crippen molar-refractivity contribution in [2.75, 3.05) is 0 Å². The number of cyclic esters (lactones) is 1. The van der Waals surface area contributed by atoms with Gasteiger partial charge in [0.15, 0.2) is 5.60 Å². The maximum Gasteiger partial charge on any atom is 0.343 e. The van der Waals surface area contributed by atoms with Crippen LogP contribution >= 0.6 is 0 Å². The van der Waals surface area contributed by atoms with Gasteiger partial charge in [-0.05, 0) is 30.7 Å². The van der Waals surface area contributed by atoms with Crippen LogP contribution < -0.4 is 5.56 Å². The molecule has 3 N–H and O–H groups in total. The van der Waals surface area contributed by atoms with Gasteiger partial charge in [0, 0.05) is 10.9 Å². The number of aromatic nitrogens is 2. The van der Waals surface area contributed by atoms with Gasteiger partial charge in [-0.3, -0.25) is 9.36 Å². The summed E-state index contributed by atoms with van der Waals surface area (Å²) in [7, 11) is 0. The largest absolute Gasteiger partial charge is 0.508 e. The van der Waals surface area contributed by atoms with Crippen molar-refractivity contribution < 1.29 is 24.9 Å². The molecule has 1 atom stereocenters. The molecule has 0 saturated heterocycles. The molecule has 0 fully saturated rings. The highest BCUT2D eigenvalue weighted by Crippen LogP contribution is 2.45. The van der Waals surface area contributed by atoms with Gasteiger partial charge in [-0.1, -0.05) is 6.92 Å². The number of ether oxygens (including phenoxy) is 1. The van der Waals surface area contributed by atoms with E-state index in [1.165, 1.54) is 10.6 Å². The number of carbonyl (C=O) groups is 1. The van der Waals surface area contributed by atoms with Crippen LogP contribution in [-0.4, -0.2) is 30.8 Å². The highest BCUT2D eigenvalue weighted by atomic mass is 16.6. The Balaban J connectivity index is 1.85. The van der Waals surface area contributed by atoms with E-state index in [0.29, 0.717) is 22.2 Å². The van der Waals surface area contributed by atoms with Crippen molar-refractivity contribution in [3.63, 3.8) is 0 Å². The molecule has 8 heteroatoms. The van der Waals surface area contributed by atoms with Crippen molar-refractivity contribution in [3.05, 3.63) is 51.3 Å². The van der Waals surface area contributed by atoms with Crippen molar-refractivity contribution in [2.45, 2.75) is 32.1 Å². The van der Waals surface area contributed by atoms with Crippen molar-refractivity contribution in [1.82, 2.24) is 9.55 Å². The SMILES string of the molecule is CC[C@@]1(O)C(=O)OCc2c1c(O)c1n(c2=O)Cc2cc3cc(O)ccc3nc2-1. The number of esters is 1. The molecule has 1 aromatic carbocycles. The van der Waals surface area contributed by atoms with E-state index < -0.39 is 17.1 Å². The van der Waals surface area contributed by atoms with E-state index in [9.17, 15) is 24.9 Å². The molecule has 0 spiro atoms. The van der Waals surface area contributed by atoms with Crippen LogP contribution in [0.2, 0.25) is 0 Å². The number of fused-ring (bicyclic) bond motifs is 5. The molecule has 2 aliphatic rings. The minimum atomic E-state index is -2.09. The quantitative estimate of drug-likeness (QED) is 0.428. The zero-order valence-electron chi connectivity index (χ0n) is 14.9. The molecular weight excluding hydrogens is 364 g/mol. The Morgan fingerprint density at radius 1 is 1.25 bits per heavy atom. The van der Waals surface area contributed by atoms with Crippen LogP contribution in [0, 0.1) is 0 Å². The summed E-state index contributed by atoms with van der Waals surface area (Å²) in [6.45, 7) is 1.46. The van der Waals surface area contributed by atoms with E-state index in [1.807, 2.05) is 0 Å². The summed E-state index contributed by atoms with van der Waals surface area (Å²) in [4.78, 5) is 29.8. The molecular formula is C20H16N2O6. The lowest BCUT2D eigenvalue weighted by Gasteiger charge is -2.32. The third-order valence-corrected chi connectivity index (χ3v) is 5.58. The summed E-state index contributed by atoms with van der Waals surface area (Å²) >= 11 is 0. The summed E-state index contributed by atoms with van der Waals surface area (Å²) < 4.78 is 6.38. The number of phenols is 1. The highest BCUT2D eigenvalue weighted by Gasteiger charge is 2.48. The molecule has 0 bridgehead atoms. The minimum absolute atomic E-state index is 0.0490. The van der Waals surface area contributed by atoms with Crippen molar-refractivity contribution in [3.8, 4) is 22.9 Å². The number of pyridine rings is 2. The molecule has 2 aromatic heterocycles. The standard InChI is InChI=1S/C20H16N2O6/c1-2-20(27)14-12(8-28-19(20)26)18(25)22-7-10-5-9-6-11(23)3-4-13(9)21-15(10)16(22)17(14)24/h3-6,23-24,27H,2,7-8H2,1H3/t20-/m0/s1. The predicted octanol–water partition coefficient (Wildman–Crippen LogP) is 1.49. The summed E-state index contributed by atoms with van der Waals surface area (Å²) in [5.74, 6) is -1.12. The Morgan fingerprint density at radius 2 is 2.04 bits per heavy atom. The fraction of sp³-hybridized carbons (Fsp3) is 0.250. The molecule has 5 rings (SSSR count). The number of hydrogen-bond donors (Lipinski definition) is 3. The van der Waals surface area contributed by atoms with Gasteiger partial charge in [0.1, 0.15) is 23.8 Å². The lowest BCUT2D eigenvalue weighted by molar-refractivity contribution is -0.172. The average Bonchev–Trinajstić information content (AvgIpc) is 3.05. The second-order valence-electron chi connectivity index (χ2n) is 7.11. The van der Waals surface area contributed by atoms with E-state index in [0.717, 1.165) is 0 Å². The molecule has 142 valence electrons. The van der Waals surface area contributed by atoms with Gasteiger partial charge in [0.2, 0.25) is 0 Å². The zero-order valence-corrected chi connectivity index (χ0v) is 14.9. The summed E-state index contributed by atoms with van der Waals surface area (Å²) in [5, 5.41) is 32.3. The zero-order chi connectivity index (χ0) is 19.8. The maximum absolute atomic E-state index is 13.1. The predicted molar refractivity (Wildman–Crippen MR) is 97.9 cm³/mol. The van der Waals surface area contributed by atoms with Crippen LogP contribution in [-0.2, 0) is 28.3 Å². The number of rotatable bonds is 1. The van der Waals surface area contributed by atoms with Gasteiger partial charge >= 0.3 is 5.97 Å². The van der Waals surface area contributed by atoms with Gasteiger partial charge in [-0.2, -0.15) is 0 Å². The average molecular weight is 380 g/mol. The molecule has 3 aromatic rings. The molecule has 0 aliphatic carbocycles. The second-order valence-corrected chi connectivity index (χ2v) is 7.11. The Morgan fingerprint density at radius 3 is 2.79 bits per heavy atom. The van der Waals surface area contributed by atoms with E-state index in [-0.39, 0.29) is 47.9 Å². The summed E-state index contributed by atoms with van der Waals surface area (Å²) in [6, 6.07) is 6.51. The highest BCUT2D eigenvalue weighted by molar-refractivity contribution is 5.89. The van der Waals surface area contributed by atoms with Crippen LogP contribution in [0.4, 0.5) is 0 Å². The van der Waals surface area contributed by atoms with Crippen molar-refractivity contribution in [2.24, 2.45) is 0 Å². The Bertz CT molecular complexity index is 1260. The molecule has 0 radical (unpaired) electrons. The molecule has 0 saturated carbocycles. The number of phenolic OH excluding ortho intramolecular Hbond substituents is 1. The van der Waals surface area contributed by atoms with Gasteiger partial charge < -0.3 is 20.1 Å². The fourth-order valence-electron chi connectivity index (χ4n) is 4.11. The van der Waals surface area contributed by atoms with Crippen molar-refractivity contribution >= 4 is 16.9 Å². The first-order valence-corrected chi connectivity index (χ1v) is 8.87. The lowest BCUT2D eigenvalue weighted by atomic mass is 9.85. The smallest absolute Gasteiger partial charge is 0.343 e. The summed E-state index contributed by atoms with van der Waals surface area (Å²) in [6.07, 6.45) is -0.0490. The normalized spacial score (nSPS) is 19.9. The Labute approximate surface area is 158 Å². The Hall–Kier alpha value is -3.39. The van der Waals surface area contributed by atoms with Crippen LogP contribution in [0.25, 0.3) is 22.3 Å². The van der Waals surface area contributed by atoms with Crippen molar-refractivity contribution in [1.29, 1.82) is 0 Å². The second kappa shape index (κ2) is 5.32. The van der Waals surface area contributed by atoms with Gasteiger partial charge in [0.25, 0.3) is 5.56 Å². The minimum Gasteiger partial charge on any atom is -0.508 e. The molecule has 28 heavy (non-hydrogen) atoms. The van der Waals surface area contributed by atoms with E-state index >= 15 is 0 Å². The summed E-state index contributed by atoms with van der Waals surface area (Å²) in [5.41, 5.74) is -0.684. The number of aromatic hydroxyl groups is 2. The number of hydrogen-bond acceptors (Lipinski definition) is 7. The number of nitrogens with zero attached hydrogens (tertiary/aromatic N) is 2. The van der Waals surface area contributed by atoms with E-state index in [1.54, 1.807) is 25.1 Å². The lowest BCUT2D eigenvalue weighted by Crippen LogP contribution is -2.44. The first kappa shape index (κ1) is 16.8. The Kier molecular flexibility index (Phi) is 3.19. The van der Waals surface area contributed by atoms with E-state index in [4.69, 9.17) is 4.74 Å². The maximum atomic E-state index is 13.1. The van der Waals surface area contributed by atoms with E-state index in [2.05, 4.69) is 4.98 Å². The van der Waals surface area contributed by atoms with Gasteiger partial charge in [-0.15, -0.1) is 0 Å². The third-order valence-electron chi connectivity index (χ3n) is 5.58. The first-order valence-electron chi connectivity index (χ1n) is 8.87. The molecule has 8 nitrogen and oxygen atoms in total. The molecule has 2 aliphatic heterocycles.